The summed E-state index contributed by atoms with van der Waals surface area (Å²) in [5.74, 6) is 1.26. The van der Waals surface area contributed by atoms with Gasteiger partial charge >= 0.3 is 0 Å². The Labute approximate surface area is 108 Å². The molecule has 0 radical (unpaired) electrons. The molecule has 1 heterocycles. The van der Waals surface area contributed by atoms with Crippen LogP contribution < -0.4 is 10.6 Å². The van der Waals surface area contributed by atoms with Crippen molar-refractivity contribution >= 4 is 11.7 Å². The number of aromatic nitrogens is 1. The van der Waals surface area contributed by atoms with Gasteiger partial charge in [-0.3, -0.25) is 4.79 Å². The molecule has 1 aliphatic carbocycles. The van der Waals surface area contributed by atoms with Crippen molar-refractivity contribution in [2.45, 2.75) is 39.2 Å². The normalized spacial score (nSPS) is 15.3. The van der Waals surface area contributed by atoms with Crippen LogP contribution in [0.1, 0.15) is 44.1 Å². The number of rotatable bonds is 5. The van der Waals surface area contributed by atoms with Crippen LogP contribution in [0.5, 0.6) is 0 Å². The van der Waals surface area contributed by atoms with E-state index in [9.17, 15) is 4.79 Å². The standard InChI is InChI=1S/C14H21N3O/c1-4-15-12-7-5-6-11(16-12)13(18)17-14(2,3)10-8-9-10/h5-7,10H,4,8-9H2,1-3H3,(H,15,16)(H,17,18). The first-order valence-corrected chi connectivity index (χ1v) is 6.56. The van der Waals surface area contributed by atoms with Crippen LogP contribution in [0.4, 0.5) is 5.82 Å². The van der Waals surface area contributed by atoms with Gasteiger partial charge in [0.05, 0.1) is 0 Å². The Kier molecular flexibility index (Phi) is 3.55. The van der Waals surface area contributed by atoms with Crippen molar-refractivity contribution < 1.29 is 4.79 Å². The van der Waals surface area contributed by atoms with E-state index >= 15 is 0 Å². The Balaban J connectivity index is 2.06. The van der Waals surface area contributed by atoms with Gasteiger partial charge < -0.3 is 10.6 Å². The summed E-state index contributed by atoms with van der Waals surface area (Å²) in [6, 6.07) is 5.47. The quantitative estimate of drug-likeness (QED) is 0.840. The highest BCUT2D eigenvalue weighted by atomic mass is 16.2. The fourth-order valence-corrected chi connectivity index (χ4v) is 2.10. The van der Waals surface area contributed by atoms with Crippen molar-refractivity contribution in [2.24, 2.45) is 5.92 Å². The smallest absolute Gasteiger partial charge is 0.270 e. The van der Waals surface area contributed by atoms with Gasteiger partial charge in [-0.25, -0.2) is 4.98 Å². The number of amides is 1. The van der Waals surface area contributed by atoms with Crippen LogP contribution in [0, 0.1) is 5.92 Å². The average Bonchev–Trinajstić information content (AvgIpc) is 3.13. The minimum atomic E-state index is -0.132. The predicted molar refractivity (Wildman–Crippen MR) is 72.7 cm³/mol. The lowest BCUT2D eigenvalue weighted by molar-refractivity contribution is 0.0898. The van der Waals surface area contributed by atoms with E-state index in [0.717, 1.165) is 12.4 Å². The minimum absolute atomic E-state index is 0.0911. The zero-order valence-corrected chi connectivity index (χ0v) is 11.3. The molecule has 1 aromatic rings. The van der Waals surface area contributed by atoms with E-state index in [1.54, 1.807) is 6.07 Å². The molecule has 1 aliphatic rings. The summed E-state index contributed by atoms with van der Waals surface area (Å²) < 4.78 is 0. The molecule has 0 atom stereocenters. The molecule has 98 valence electrons. The Morgan fingerprint density at radius 3 is 2.78 bits per heavy atom. The molecule has 1 saturated carbocycles. The molecule has 0 aliphatic heterocycles. The van der Waals surface area contributed by atoms with Crippen LogP contribution in [0.25, 0.3) is 0 Å². The molecule has 4 heteroatoms. The van der Waals surface area contributed by atoms with Gasteiger partial charge in [0.25, 0.3) is 5.91 Å². The third-order valence-electron chi connectivity index (χ3n) is 3.37. The van der Waals surface area contributed by atoms with E-state index < -0.39 is 0 Å². The van der Waals surface area contributed by atoms with E-state index in [0.29, 0.717) is 11.6 Å². The molecule has 0 saturated heterocycles. The Bertz CT molecular complexity index is 438. The molecule has 0 spiro atoms. The number of hydrogen-bond donors (Lipinski definition) is 2. The Hall–Kier alpha value is -1.58. The van der Waals surface area contributed by atoms with Gasteiger partial charge in [0.1, 0.15) is 11.5 Å². The van der Waals surface area contributed by atoms with Crippen LogP contribution >= 0.6 is 0 Å². The zero-order valence-electron chi connectivity index (χ0n) is 11.3. The number of hydrogen-bond acceptors (Lipinski definition) is 3. The van der Waals surface area contributed by atoms with Crippen molar-refractivity contribution in [1.29, 1.82) is 0 Å². The van der Waals surface area contributed by atoms with Crippen LogP contribution in [-0.2, 0) is 0 Å². The van der Waals surface area contributed by atoms with E-state index in [1.807, 2.05) is 19.1 Å². The molecule has 0 bridgehead atoms. The van der Waals surface area contributed by atoms with Crippen LogP contribution in [-0.4, -0.2) is 23.0 Å². The average molecular weight is 247 g/mol. The summed E-state index contributed by atoms with van der Waals surface area (Å²) >= 11 is 0. The number of nitrogens with zero attached hydrogens (tertiary/aromatic N) is 1. The highest BCUT2D eigenvalue weighted by molar-refractivity contribution is 5.93. The molecule has 4 nitrogen and oxygen atoms in total. The third kappa shape index (κ3) is 3.00. The Morgan fingerprint density at radius 1 is 1.44 bits per heavy atom. The molecule has 2 rings (SSSR count). The fourth-order valence-electron chi connectivity index (χ4n) is 2.10. The lowest BCUT2D eigenvalue weighted by Gasteiger charge is -2.25. The molecule has 1 fully saturated rings. The monoisotopic (exact) mass is 247 g/mol. The van der Waals surface area contributed by atoms with Crippen molar-refractivity contribution in [1.82, 2.24) is 10.3 Å². The second kappa shape index (κ2) is 4.96. The number of pyridine rings is 1. The van der Waals surface area contributed by atoms with Crippen LogP contribution in [0.15, 0.2) is 18.2 Å². The van der Waals surface area contributed by atoms with Gasteiger partial charge in [0.2, 0.25) is 0 Å². The topological polar surface area (TPSA) is 54.0 Å². The lowest BCUT2D eigenvalue weighted by Crippen LogP contribution is -2.45. The molecule has 1 aromatic heterocycles. The zero-order chi connectivity index (χ0) is 13.2. The summed E-state index contributed by atoms with van der Waals surface area (Å²) in [5, 5.41) is 6.18. The number of carbonyl (C=O) groups is 1. The third-order valence-corrected chi connectivity index (χ3v) is 3.37. The van der Waals surface area contributed by atoms with Crippen molar-refractivity contribution in [3.05, 3.63) is 23.9 Å². The largest absolute Gasteiger partial charge is 0.370 e. The SMILES string of the molecule is CCNc1cccc(C(=O)NC(C)(C)C2CC2)n1. The molecule has 18 heavy (non-hydrogen) atoms. The summed E-state index contributed by atoms with van der Waals surface area (Å²) in [6.45, 7) is 6.96. The molecule has 1 amide bonds. The maximum atomic E-state index is 12.1. The second-order valence-electron chi connectivity index (χ2n) is 5.39. The summed E-state index contributed by atoms with van der Waals surface area (Å²) in [4.78, 5) is 16.5. The van der Waals surface area contributed by atoms with Gasteiger partial charge in [-0.2, -0.15) is 0 Å². The number of nitrogens with one attached hydrogen (secondary N) is 2. The molecule has 0 unspecified atom stereocenters. The summed E-state index contributed by atoms with van der Waals surface area (Å²) in [7, 11) is 0. The van der Waals surface area contributed by atoms with E-state index in [1.165, 1.54) is 12.8 Å². The van der Waals surface area contributed by atoms with Gasteiger partial charge in [-0.15, -0.1) is 0 Å². The van der Waals surface area contributed by atoms with Gasteiger partial charge in [0, 0.05) is 12.1 Å². The van der Waals surface area contributed by atoms with Crippen molar-refractivity contribution in [3.8, 4) is 0 Å². The fraction of sp³-hybridized carbons (Fsp3) is 0.571. The van der Waals surface area contributed by atoms with E-state index in [4.69, 9.17) is 0 Å². The van der Waals surface area contributed by atoms with Crippen LogP contribution in [0.3, 0.4) is 0 Å². The lowest BCUT2D eigenvalue weighted by atomic mass is 9.98. The molecular weight excluding hydrogens is 226 g/mol. The first-order chi connectivity index (χ1) is 8.53. The summed E-state index contributed by atoms with van der Waals surface area (Å²) in [6.07, 6.45) is 2.41. The second-order valence-corrected chi connectivity index (χ2v) is 5.39. The van der Waals surface area contributed by atoms with E-state index in [-0.39, 0.29) is 11.4 Å². The Morgan fingerprint density at radius 2 is 2.17 bits per heavy atom. The maximum absolute atomic E-state index is 12.1. The van der Waals surface area contributed by atoms with Crippen LogP contribution in [0.2, 0.25) is 0 Å². The van der Waals surface area contributed by atoms with Crippen molar-refractivity contribution in [3.63, 3.8) is 0 Å². The first kappa shape index (κ1) is 12.9. The maximum Gasteiger partial charge on any atom is 0.270 e. The summed E-state index contributed by atoms with van der Waals surface area (Å²) in [5.41, 5.74) is 0.342. The molecular formula is C14H21N3O. The van der Waals surface area contributed by atoms with E-state index in [2.05, 4.69) is 29.5 Å². The minimum Gasteiger partial charge on any atom is -0.370 e. The molecule has 2 N–H and O–H groups in total. The van der Waals surface area contributed by atoms with Gasteiger partial charge in [-0.05, 0) is 51.7 Å². The van der Waals surface area contributed by atoms with Crippen molar-refractivity contribution in [2.75, 3.05) is 11.9 Å². The van der Waals surface area contributed by atoms with Gasteiger partial charge in [-0.1, -0.05) is 6.07 Å². The first-order valence-electron chi connectivity index (χ1n) is 6.56. The predicted octanol–water partition coefficient (Wildman–Crippen LogP) is 2.43. The van der Waals surface area contributed by atoms with Gasteiger partial charge in [0.15, 0.2) is 0 Å². The highest BCUT2D eigenvalue weighted by Crippen LogP contribution is 2.39. The number of anilines is 1. The number of carbonyl (C=O) groups excluding carboxylic acids is 1. The molecule has 0 aromatic carbocycles. The highest BCUT2D eigenvalue weighted by Gasteiger charge is 2.38.